The maximum atomic E-state index is 10.6. The first-order valence-electron chi connectivity index (χ1n) is 12.3. The molecule has 2 N–H and O–H groups in total. The van der Waals surface area contributed by atoms with Crippen molar-refractivity contribution < 1.29 is 28.3 Å². The molecule has 182 valence electrons. The molecule has 0 aromatic heterocycles. The van der Waals surface area contributed by atoms with Gasteiger partial charge in [0.25, 0.3) is 0 Å². The normalized spacial score (nSPS) is 13.1. The maximum absolute atomic E-state index is 10.6. The lowest BCUT2D eigenvalue weighted by molar-refractivity contribution is -0.0108. The fourth-order valence-electron chi connectivity index (χ4n) is 3.41. The van der Waals surface area contributed by atoms with Crippen LogP contribution < -0.4 is 0 Å². The molecule has 0 bridgehead atoms. The highest BCUT2D eigenvalue weighted by Crippen LogP contribution is 2.35. The molecule has 0 heterocycles. The van der Waals surface area contributed by atoms with Crippen LogP contribution in [0.5, 0.6) is 0 Å². The second-order valence-electron chi connectivity index (χ2n) is 8.38. The Morgan fingerprint density at radius 2 is 1.10 bits per heavy atom. The Morgan fingerprint density at radius 1 is 0.667 bits per heavy atom. The van der Waals surface area contributed by atoms with Crippen LogP contribution in [0.4, 0.5) is 0 Å². The van der Waals surface area contributed by atoms with Gasteiger partial charge in [0.1, 0.15) is 0 Å². The molecule has 1 atom stereocenters. The number of hydrogen-bond donors (Lipinski definition) is 2. The number of ether oxygens (including phenoxy) is 2. The monoisotopic (exact) mass is 452 g/mol. The first kappa shape index (κ1) is 30.0. The van der Waals surface area contributed by atoms with E-state index in [4.69, 9.17) is 19.3 Å². The van der Waals surface area contributed by atoms with Crippen LogP contribution in [0.2, 0.25) is 0 Å². The molecule has 0 saturated heterocycles. The minimum atomic E-state index is -4.41. The van der Waals surface area contributed by atoms with Crippen molar-refractivity contribution in [3.8, 4) is 0 Å². The van der Waals surface area contributed by atoms with Crippen molar-refractivity contribution in [2.45, 2.75) is 123 Å². The number of phosphoric ester groups is 1. The predicted molar refractivity (Wildman–Crippen MR) is 124 cm³/mol. The Hall–Kier alpha value is 0.0300. The molecule has 0 aliphatic rings. The summed E-state index contributed by atoms with van der Waals surface area (Å²) >= 11 is 0. The SMILES string of the molecule is CCCCCCCCCCCCCCCCCCOCCOC(C)COP(=O)(O)O. The summed E-state index contributed by atoms with van der Waals surface area (Å²) in [6.45, 7) is 5.52. The summed E-state index contributed by atoms with van der Waals surface area (Å²) in [4.78, 5) is 17.2. The number of unbranched alkanes of at least 4 members (excludes halogenated alkanes) is 15. The standard InChI is InChI=1S/C23H49O6P/c1-3-4-5-6-7-8-9-10-11-12-13-14-15-16-17-18-19-27-20-21-28-23(2)22-29-30(24,25)26/h23H,3-22H2,1-2H3,(H2,24,25,26). The molecule has 7 heteroatoms. The lowest BCUT2D eigenvalue weighted by atomic mass is 10.0. The first-order valence-corrected chi connectivity index (χ1v) is 13.9. The van der Waals surface area contributed by atoms with Crippen LogP contribution in [0, 0.1) is 0 Å². The third-order valence-electron chi connectivity index (χ3n) is 5.25. The second-order valence-corrected chi connectivity index (χ2v) is 9.62. The molecule has 0 aliphatic heterocycles. The van der Waals surface area contributed by atoms with Crippen molar-refractivity contribution in [1.29, 1.82) is 0 Å². The smallest absolute Gasteiger partial charge is 0.379 e. The van der Waals surface area contributed by atoms with E-state index < -0.39 is 7.82 Å². The molecule has 6 nitrogen and oxygen atoms in total. The van der Waals surface area contributed by atoms with E-state index in [1.807, 2.05) is 0 Å². The first-order chi connectivity index (χ1) is 14.5. The molecular formula is C23H49O6P. The summed E-state index contributed by atoms with van der Waals surface area (Å²) in [5.41, 5.74) is 0. The van der Waals surface area contributed by atoms with Crippen molar-refractivity contribution in [2.24, 2.45) is 0 Å². The summed E-state index contributed by atoms with van der Waals surface area (Å²) < 4.78 is 25.9. The quantitative estimate of drug-likeness (QED) is 0.124. The molecule has 0 spiro atoms. The van der Waals surface area contributed by atoms with Crippen molar-refractivity contribution in [2.75, 3.05) is 26.4 Å². The van der Waals surface area contributed by atoms with Gasteiger partial charge in [0, 0.05) is 6.61 Å². The summed E-state index contributed by atoms with van der Waals surface area (Å²) in [5.74, 6) is 0. The van der Waals surface area contributed by atoms with Gasteiger partial charge in [0.05, 0.1) is 25.9 Å². The Balaban J connectivity index is 3.12. The molecule has 0 aromatic carbocycles. The summed E-state index contributed by atoms with van der Waals surface area (Å²) in [6.07, 6.45) is 21.4. The minimum absolute atomic E-state index is 0.122. The van der Waals surface area contributed by atoms with Crippen molar-refractivity contribution in [1.82, 2.24) is 0 Å². The Labute approximate surface area is 185 Å². The van der Waals surface area contributed by atoms with Gasteiger partial charge in [-0.2, -0.15) is 0 Å². The predicted octanol–water partition coefficient (Wildman–Crippen LogP) is 6.78. The van der Waals surface area contributed by atoms with Gasteiger partial charge in [-0.1, -0.05) is 103 Å². The molecule has 0 fully saturated rings. The third-order valence-corrected chi connectivity index (χ3v) is 5.74. The molecule has 0 amide bonds. The van der Waals surface area contributed by atoms with E-state index in [0.717, 1.165) is 13.0 Å². The van der Waals surface area contributed by atoms with Gasteiger partial charge >= 0.3 is 7.82 Å². The molecule has 0 aromatic rings. The van der Waals surface area contributed by atoms with Crippen LogP contribution in [-0.4, -0.2) is 42.3 Å². The number of rotatable bonds is 24. The van der Waals surface area contributed by atoms with Gasteiger partial charge in [0.2, 0.25) is 0 Å². The largest absolute Gasteiger partial charge is 0.469 e. The Kier molecular flexibility index (Phi) is 22.3. The zero-order chi connectivity index (χ0) is 22.3. The maximum Gasteiger partial charge on any atom is 0.469 e. The van der Waals surface area contributed by atoms with Crippen LogP contribution in [0.15, 0.2) is 0 Å². The van der Waals surface area contributed by atoms with E-state index in [1.54, 1.807) is 6.92 Å². The topological polar surface area (TPSA) is 85.2 Å². The zero-order valence-electron chi connectivity index (χ0n) is 19.7. The number of hydrogen-bond acceptors (Lipinski definition) is 4. The van der Waals surface area contributed by atoms with Gasteiger partial charge < -0.3 is 19.3 Å². The van der Waals surface area contributed by atoms with Crippen LogP contribution in [0.25, 0.3) is 0 Å². The molecule has 0 aliphatic carbocycles. The Bertz CT molecular complexity index is 388. The second kappa shape index (κ2) is 22.2. The fraction of sp³-hybridized carbons (Fsp3) is 1.00. The fourth-order valence-corrected chi connectivity index (χ4v) is 3.82. The van der Waals surface area contributed by atoms with Crippen molar-refractivity contribution in [3.63, 3.8) is 0 Å². The summed E-state index contributed by atoms with van der Waals surface area (Å²) in [5, 5.41) is 0. The summed E-state index contributed by atoms with van der Waals surface area (Å²) in [7, 11) is -4.41. The summed E-state index contributed by atoms with van der Waals surface area (Å²) in [6, 6.07) is 0. The molecule has 0 radical (unpaired) electrons. The lowest BCUT2D eigenvalue weighted by Crippen LogP contribution is -2.18. The van der Waals surface area contributed by atoms with E-state index in [0.29, 0.717) is 13.2 Å². The van der Waals surface area contributed by atoms with Gasteiger partial charge in [-0.25, -0.2) is 4.57 Å². The molecule has 1 unspecified atom stereocenters. The van der Waals surface area contributed by atoms with Crippen molar-refractivity contribution >= 4 is 7.82 Å². The van der Waals surface area contributed by atoms with Crippen LogP contribution >= 0.6 is 7.82 Å². The molecule has 0 saturated carbocycles. The van der Waals surface area contributed by atoms with E-state index in [-0.39, 0.29) is 12.7 Å². The minimum Gasteiger partial charge on any atom is -0.379 e. The van der Waals surface area contributed by atoms with E-state index >= 15 is 0 Å². The Morgan fingerprint density at radius 3 is 1.53 bits per heavy atom. The number of phosphoric acid groups is 1. The average Bonchev–Trinajstić information content (AvgIpc) is 2.70. The van der Waals surface area contributed by atoms with Crippen molar-refractivity contribution in [3.05, 3.63) is 0 Å². The molecule has 0 rings (SSSR count). The molecular weight excluding hydrogens is 403 g/mol. The highest BCUT2D eigenvalue weighted by Gasteiger charge is 2.15. The zero-order valence-corrected chi connectivity index (χ0v) is 20.6. The lowest BCUT2D eigenvalue weighted by Gasteiger charge is -2.13. The molecule has 30 heavy (non-hydrogen) atoms. The van der Waals surface area contributed by atoms with Crippen LogP contribution in [0.3, 0.4) is 0 Å². The van der Waals surface area contributed by atoms with Crippen LogP contribution in [0.1, 0.15) is 117 Å². The van der Waals surface area contributed by atoms with Crippen LogP contribution in [-0.2, 0) is 18.6 Å². The van der Waals surface area contributed by atoms with E-state index in [1.165, 1.54) is 96.3 Å². The van der Waals surface area contributed by atoms with Gasteiger partial charge in [-0.3, -0.25) is 4.52 Å². The van der Waals surface area contributed by atoms with E-state index in [9.17, 15) is 4.57 Å². The average molecular weight is 453 g/mol. The van der Waals surface area contributed by atoms with Gasteiger partial charge in [0.15, 0.2) is 0 Å². The highest BCUT2D eigenvalue weighted by molar-refractivity contribution is 7.46. The third kappa shape index (κ3) is 26.1. The van der Waals surface area contributed by atoms with Gasteiger partial charge in [-0.15, -0.1) is 0 Å². The highest BCUT2D eigenvalue weighted by atomic mass is 31.2. The van der Waals surface area contributed by atoms with Gasteiger partial charge in [-0.05, 0) is 13.3 Å². The van der Waals surface area contributed by atoms with E-state index in [2.05, 4.69) is 11.4 Å².